The molecule has 0 spiro atoms. The summed E-state index contributed by atoms with van der Waals surface area (Å²) < 4.78 is 5.03. The first-order valence-electron chi connectivity index (χ1n) is 6.38. The molecule has 0 saturated heterocycles. The van der Waals surface area contributed by atoms with Gasteiger partial charge in [-0.3, -0.25) is 10.1 Å². The number of ether oxygens (including phenoxy) is 1. The zero-order valence-electron chi connectivity index (χ0n) is 11.3. The first-order chi connectivity index (χ1) is 9.11. The van der Waals surface area contributed by atoms with Gasteiger partial charge in [-0.05, 0) is 26.0 Å². The summed E-state index contributed by atoms with van der Waals surface area (Å²) in [5, 5.41) is 14.0. The van der Waals surface area contributed by atoms with Gasteiger partial charge in [-0.1, -0.05) is 0 Å². The number of likely N-dealkylation sites (N-methyl/N-ethyl adjacent to an activating group) is 1. The van der Waals surface area contributed by atoms with Crippen LogP contribution in [0.1, 0.15) is 12.8 Å². The summed E-state index contributed by atoms with van der Waals surface area (Å²) in [5.41, 5.74) is 0.829. The van der Waals surface area contributed by atoms with Crippen molar-refractivity contribution in [3.05, 3.63) is 28.3 Å². The Bertz CT molecular complexity index is 460. The van der Waals surface area contributed by atoms with Gasteiger partial charge in [-0.2, -0.15) is 0 Å². The first-order valence-corrected chi connectivity index (χ1v) is 6.38. The average Bonchev–Trinajstić information content (AvgIpc) is 3.22. The highest BCUT2D eigenvalue weighted by atomic mass is 16.6. The Morgan fingerprint density at radius 1 is 1.53 bits per heavy atom. The van der Waals surface area contributed by atoms with Crippen LogP contribution in [0.3, 0.4) is 0 Å². The molecular formula is C13H19N3O3. The van der Waals surface area contributed by atoms with E-state index in [1.165, 1.54) is 26.0 Å². The maximum Gasteiger partial charge on any atom is 0.311 e. The predicted molar refractivity (Wildman–Crippen MR) is 73.8 cm³/mol. The minimum Gasteiger partial charge on any atom is -0.490 e. The van der Waals surface area contributed by atoms with Gasteiger partial charge in [0.15, 0.2) is 5.75 Å². The van der Waals surface area contributed by atoms with Crippen LogP contribution in [0.25, 0.3) is 0 Å². The zero-order valence-corrected chi connectivity index (χ0v) is 11.3. The molecule has 1 aromatic rings. The Balaban J connectivity index is 1.91. The number of nitro groups is 1. The van der Waals surface area contributed by atoms with E-state index in [-0.39, 0.29) is 11.4 Å². The van der Waals surface area contributed by atoms with E-state index in [2.05, 4.69) is 17.3 Å². The number of hydrogen-bond donors (Lipinski definition) is 1. The van der Waals surface area contributed by atoms with Crippen molar-refractivity contribution in [2.45, 2.75) is 18.9 Å². The lowest BCUT2D eigenvalue weighted by Crippen LogP contribution is -2.26. The molecule has 0 heterocycles. The summed E-state index contributed by atoms with van der Waals surface area (Å²) in [6.45, 7) is 1.78. The van der Waals surface area contributed by atoms with Crippen molar-refractivity contribution in [3.63, 3.8) is 0 Å². The molecule has 6 heteroatoms. The smallest absolute Gasteiger partial charge is 0.311 e. The summed E-state index contributed by atoms with van der Waals surface area (Å²) in [6, 6.07) is 5.58. The standard InChI is InChI=1S/C13H19N3O3/c1-15(11-4-5-11)8-7-14-10-3-6-12(16(17)18)13(9-10)19-2/h3,6,9,11,14H,4-5,7-8H2,1-2H3. The van der Waals surface area contributed by atoms with Crippen LogP contribution in [-0.4, -0.2) is 43.1 Å². The zero-order chi connectivity index (χ0) is 13.8. The second-order valence-corrected chi connectivity index (χ2v) is 4.78. The molecule has 2 rings (SSSR count). The lowest BCUT2D eigenvalue weighted by atomic mass is 10.2. The molecule has 1 aromatic carbocycles. The Morgan fingerprint density at radius 3 is 2.84 bits per heavy atom. The van der Waals surface area contributed by atoms with E-state index in [0.29, 0.717) is 0 Å². The molecule has 0 atom stereocenters. The van der Waals surface area contributed by atoms with Crippen LogP contribution in [0.5, 0.6) is 5.75 Å². The Hall–Kier alpha value is -1.82. The summed E-state index contributed by atoms with van der Waals surface area (Å²) in [4.78, 5) is 12.7. The molecule has 0 aromatic heterocycles. The molecule has 1 saturated carbocycles. The fourth-order valence-electron chi connectivity index (χ4n) is 2.01. The highest BCUT2D eigenvalue weighted by molar-refractivity contribution is 5.57. The number of anilines is 1. The third-order valence-corrected chi connectivity index (χ3v) is 3.34. The first kappa shape index (κ1) is 13.6. The Labute approximate surface area is 112 Å². The monoisotopic (exact) mass is 265 g/mol. The van der Waals surface area contributed by atoms with Gasteiger partial charge in [0.25, 0.3) is 0 Å². The Kier molecular flexibility index (Phi) is 4.21. The van der Waals surface area contributed by atoms with Gasteiger partial charge >= 0.3 is 5.69 Å². The van der Waals surface area contributed by atoms with Crippen LogP contribution >= 0.6 is 0 Å². The number of nitro benzene ring substituents is 1. The maximum atomic E-state index is 10.8. The van der Waals surface area contributed by atoms with E-state index >= 15 is 0 Å². The summed E-state index contributed by atoms with van der Waals surface area (Å²) >= 11 is 0. The number of hydrogen-bond acceptors (Lipinski definition) is 5. The lowest BCUT2D eigenvalue weighted by molar-refractivity contribution is -0.385. The summed E-state index contributed by atoms with van der Waals surface area (Å²) in [5.74, 6) is 0.283. The van der Waals surface area contributed by atoms with E-state index in [0.717, 1.165) is 24.8 Å². The van der Waals surface area contributed by atoms with Crippen molar-refractivity contribution >= 4 is 11.4 Å². The number of methoxy groups -OCH3 is 1. The van der Waals surface area contributed by atoms with Crippen LogP contribution in [0, 0.1) is 10.1 Å². The molecule has 104 valence electrons. The molecule has 1 N–H and O–H groups in total. The number of nitrogens with zero attached hydrogens (tertiary/aromatic N) is 2. The maximum absolute atomic E-state index is 10.8. The van der Waals surface area contributed by atoms with Crippen LogP contribution in [0.4, 0.5) is 11.4 Å². The third kappa shape index (κ3) is 3.57. The topological polar surface area (TPSA) is 67.6 Å². The lowest BCUT2D eigenvalue weighted by Gasteiger charge is -2.16. The predicted octanol–water partition coefficient (Wildman–Crippen LogP) is 2.11. The van der Waals surface area contributed by atoms with Crippen LogP contribution < -0.4 is 10.1 Å². The van der Waals surface area contributed by atoms with E-state index in [4.69, 9.17) is 4.74 Å². The fourth-order valence-corrected chi connectivity index (χ4v) is 2.01. The number of nitrogens with one attached hydrogen (secondary N) is 1. The quantitative estimate of drug-likeness (QED) is 0.604. The van der Waals surface area contributed by atoms with E-state index < -0.39 is 4.92 Å². The molecule has 1 fully saturated rings. The number of rotatable bonds is 7. The van der Waals surface area contributed by atoms with Crippen molar-refractivity contribution in [1.82, 2.24) is 4.90 Å². The molecular weight excluding hydrogens is 246 g/mol. The van der Waals surface area contributed by atoms with E-state index in [1.807, 2.05) is 0 Å². The summed E-state index contributed by atoms with van der Waals surface area (Å²) in [7, 11) is 3.56. The molecule has 6 nitrogen and oxygen atoms in total. The van der Waals surface area contributed by atoms with Gasteiger partial charge in [-0.25, -0.2) is 0 Å². The molecule has 0 bridgehead atoms. The Morgan fingerprint density at radius 2 is 2.26 bits per heavy atom. The second-order valence-electron chi connectivity index (χ2n) is 4.78. The molecule has 1 aliphatic rings. The minimum absolute atomic E-state index is 0.0110. The average molecular weight is 265 g/mol. The van der Waals surface area contributed by atoms with Gasteiger partial charge in [0.1, 0.15) is 0 Å². The van der Waals surface area contributed by atoms with Crippen LogP contribution in [-0.2, 0) is 0 Å². The van der Waals surface area contributed by atoms with Crippen molar-refractivity contribution in [1.29, 1.82) is 0 Å². The van der Waals surface area contributed by atoms with Gasteiger partial charge in [0.2, 0.25) is 0 Å². The van der Waals surface area contributed by atoms with Crippen molar-refractivity contribution < 1.29 is 9.66 Å². The van der Waals surface area contributed by atoms with Crippen molar-refractivity contribution in [2.75, 3.05) is 32.6 Å². The molecule has 0 unspecified atom stereocenters. The normalized spacial score (nSPS) is 14.5. The van der Waals surface area contributed by atoms with Crippen LogP contribution in [0.2, 0.25) is 0 Å². The van der Waals surface area contributed by atoms with E-state index in [1.54, 1.807) is 12.1 Å². The third-order valence-electron chi connectivity index (χ3n) is 3.34. The highest BCUT2D eigenvalue weighted by Gasteiger charge is 2.25. The SMILES string of the molecule is COc1cc(NCCN(C)C2CC2)ccc1[N+](=O)[O-]. The fraction of sp³-hybridized carbons (Fsp3) is 0.538. The molecule has 0 radical (unpaired) electrons. The van der Waals surface area contributed by atoms with Crippen molar-refractivity contribution in [3.8, 4) is 5.75 Å². The van der Waals surface area contributed by atoms with Crippen LogP contribution in [0.15, 0.2) is 18.2 Å². The molecule has 1 aliphatic carbocycles. The molecule has 0 amide bonds. The molecule has 19 heavy (non-hydrogen) atoms. The molecule has 0 aliphatic heterocycles. The van der Waals surface area contributed by atoms with Gasteiger partial charge in [0.05, 0.1) is 12.0 Å². The van der Waals surface area contributed by atoms with Crippen molar-refractivity contribution in [2.24, 2.45) is 0 Å². The number of benzene rings is 1. The van der Waals surface area contributed by atoms with E-state index in [9.17, 15) is 10.1 Å². The summed E-state index contributed by atoms with van der Waals surface area (Å²) in [6.07, 6.45) is 2.59. The largest absolute Gasteiger partial charge is 0.490 e. The van der Waals surface area contributed by atoms with Gasteiger partial charge in [0, 0.05) is 37.0 Å². The van der Waals surface area contributed by atoms with Gasteiger partial charge in [-0.15, -0.1) is 0 Å². The minimum atomic E-state index is -0.441. The van der Waals surface area contributed by atoms with Gasteiger partial charge < -0.3 is 15.0 Å². The second kappa shape index (κ2) is 5.88. The highest BCUT2D eigenvalue weighted by Crippen LogP contribution is 2.29.